The van der Waals surface area contributed by atoms with Crippen molar-refractivity contribution in [3.05, 3.63) is 23.7 Å². The average Bonchev–Trinajstić information content (AvgIpc) is 3.18. The van der Waals surface area contributed by atoms with Gasteiger partial charge in [-0.2, -0.15) is 0 Å². The van der Waals surface area contributed by atoms with Gasteiger partial charge in [-0.05, 0) is 37.3 Å². The van der Waals surface area contributed by atoms with Gasteiger partial charge in [-0.15, -0.1) is 11.3 Å². The van der Waals surface area contributed by atoms with Gasteiger partial charge in [-0.3, -0.25) is 0 Å². The largest absolute Gasteiger partial charge is 0.393 e. The standard InChI is InChI=1S/C17H23N3OS/c21-14-5-7-19(8-6-14)10-13-4-9-20(11-13)15-2-1-3-16-17(15)18-12-22-16/h1-3,12-14,21H,4-11H2. The molecule has 1 atom stereocenters. The molecule has 1 aromatic carbocycles. The zero-order chi connectivity index (χ0) is 14.9. The predicted octanol–water partition coefficient (Wildman–Crippen LogP) is 2.58. The van der Waals surface area contributed by atoms with Crippen molar-refractivity contribution in [1.82, 2.24) is 9.88 Å². The highest BCUT2D eigenvalue weighted by Gasteiger charge is 2.27. The Labute approximate surface area is 135 Å². The van der Waals surface area contributed by atoms with E-state index in [0.29, 0.717) is 0 Å². The molecule has 1 unspecified atom stereocenters. The number of nitrogens with zero attached hydrogens (tertiary/aromatic N) is 3. The quantitative estimate of drug-likeness (QED) is 0.944. The molecule has 5 heteroatoms. The van der Waals surface area contributed by atoms with Crippen LogP contribution < -0.4 is 4.90 Å². The number of para-hydroxylation sites is 1. The van der Waals surface area contributed by atoms with Crippen LogP contribution in [0.15, 0.2) is 23.7 Å². The van der Waals surface area contributed by atoms with Gasteiger partial charge in [-0.25, -0.2) is 4.98 Å². The van der Waals surface area contributed by atoms with Crippen LogP contribution in [0, 0.1) is 5.92 Å². The molecule has 2 fully saturated rings. The zero-order valence-electron chi connectivity index (χ0n) is 12.8. The number of benzene rings is 1. The predicted molar refractivity (Wildman–Crippen MR) is 91.6 cm³/mol. The minimum Gasteiger partial charge on any atom is -0.393 e. The number of rotatable bonds is 3. The number of thiazole rings is 1. The average molecular weight is 317 g/mol. The van der Waals surface area contributed by atoms with E-state index in [4.69, 9.17) is 0 Å². The summed E-state index contributed by atoms with van der Waals surface area (Å²) in [6, 6.07) is 6.51. The Bertz CT molecular complexity index is 636. The molecule has 0 aliphatic carbocycles. The maximum absolute atomic E-state index is 9.62. The molecule has 4 nitrogen and oxygen atoms in total. The molecule has 0 spiro atoms. The van der Waals surface area contributed by atoms with Crippen molar-refractivity contribution in [1.29, 1.82) is 0 Å². The molecule has 0 saturated carbocycles. The van der Waals surface area contributed by atoms with Crippen molar-refractivity contribution in [2.24, 2.45) is 5.92 Å². The van der Waals surface area contributed by atoms with Crippen LogP contribution >= 0.6 is 11.3 Å². The molecule has 0 amide bonds. The first-order valence-electron chi connectivity index (χ1n) is 8.27. The number of fused-ring (bicyclic) bond motifs is 1. The number of hydrogen-bond donors (Lipinski definition) is 1. The molecule has 3 heterocycles. The second kappa shape index (κ2) is 6.14. The number of anilines is 1. The highest BCUT2D eigenvalue weighted by atomic mass is 32.1. The Kier molecular flexibility index (Phi) is 4.03. The Morgan fingerprint density at radius 2 is 2.05 bits per heavy atom. The van der Waals surface area contributed by atoms with E-state index in [1.165, 1.54) is 23.4 Å². The number of likely N-dealkylation sites (tertiary alicyclic amines) is 1. The smallest absolute Gasteiger partial charge is 0.104 e. The van der Waals surface area contributed by atoms with Crippen LogP contribution in [-0.2, 0) is 0 Å². The van der Waals surface area contributed by atoms with E-state index in [1.54, 1.807) is 11.3 Å². The molecule has 118 valence electrons. The Morgan fingerprint density at radius 1 is 1.18 bits per heavy atom. The van der Waals surface area contributed by atoms with Crippen LogP contribution in [0.25, 0.3) is 10.2 Å². The van der Waals surface area contributed by atoms with Crippen LogP contribution in [0.1, 0.15) is 19.3 Å². The van der Waals surface area contributed by atoms with Crippen molar-refractivity contribution in [2.45, 2.75) is 25.4 Å². The molecule has 2 aromatic rings. The minimum absolute atomic E-state index is 0.0707. The summed E-state index contributed by atoms with van der Waals surface area (Å²) in [4.78, 5) is 9.59. The van der Waals surface area contributed by atoms with Gasteiger partial charge in [0, 0.05) is 32.7 Å². The number of aliphatic hydroxyl groups excluding tert-OH is 1. The molecule has 1 aromatic heterocycles. The van der Waals surface area contributed by atoms with E-state index in [1.807, 2.05) is 5.51 Å². The number of piperidine rings is 1. The maximum Gasteiger partial charge on any atom is 0.104 e. The van der Waals surface area contributed by atoms with Crippen molar-refractivity contribution in [2.75, 3.05) is 37.6 Å². The van der Waals surface area contributed by atoms with E-state index in [9.17, 15) is 5.11 Å². The molecular weight excluding hydrogens is 294 g/mol. The first-order chi connectivity index (χ1) is 10.8. The summed E-state index contributed by atoms with van der Waals surface area (Å²) in [5, 5.41) is 9.62. The lowest BCUT2D eigenvalue weighted by molar-refractivity contribution is 0.0762. The van der Waals surface area contributed by atoms with E-state index in [0.717, 1.165) is 50.5 Å². The van der Waals surface area contributed by atoms with Crippen molar-refractivity contribution < 1.29 is 5.11 Å². The Morgan fingerprint density at radius 3 is 2.91 bits per heavy atom. The normalized spacial score (nSPS) is 24.4. The van der Waals surface area contributed by atoms with Crippen LogP contribution in [0.5, 0.6) is 0 Å². The molecule has 2 saturated heterocycles. The molecule has 22 heavy (non-hydrogen) atoms. The highest BCUT2D eigenvalue weighted by Crippen LogP contribution is 2.32. The first-order valence-corrected chi connectivity index (χ1v) is 9.15. The summed E-state index contributed by atoms with van der Waals surface area (Å²) in [7, 11) is 0. The van der Waals surface area contributed by atoms with E-state index < -0.39 is 0 Å². The second-order valence-electron chi connectivity index (χ2n) is 6.61. The molecule has 2 aliphatic heterocycles. The van der Waals surface area contributed by atoms with Gasteiger partial charge in [-0.1, -0.05) is 6.07 Å². The van der Waals surface area contributed by atoms with Gasteiger partial charge < -0.3 is 14.9 Å². The molecule has 0 radical (unpaired) electrons. The van der Waals surface area contributed by atoms with Gasteiger partial charge in [0.1, 0.15) is 5.52 Å². The van der Waals surface area contributed by atoms with Gasteiger partial charge in [0.2, 0.25) is 0 Å². The van der Waals surface area contributed by atoms with Gasteiger partial charge >= 0.3 is 0 Å². The first kappa shape index (κ1) is 14.4. The van der Waals surface area contributed by atoms with Crippen molar-refractivity contribution in [3.63, 3.8) is 0 Å². The zero-order valence-corrected chi connectivity index (χ0v) is 13.6. The molecule has 2 aliphatic rings. The lowest BCUT2D eigenvalue weighted by Gasteiger charge is -2.31. The Balaban J connectivity index is 1.41. The SMILES string of the molecule is OC1CCN(CC2CCN(c3cccc4scnc34)C2)CC1. The highest BCUT2D eigenvalue weighted by molar-refractivity contribution is 7.16. The van der Waals surface area contributed by atoms with Crippen molar-refractivity contribution in [3.8, 4) is 0 Å². The fourth-order valence-electron chi connectivity index (χ4n) is 3.79. The van der Waals surface area contributed by atoms with Gasteiger partial charge in [0.15, 0.2) is 0 Å². The van der Waals surface area contributed by atoms with Crippen LogP contribution in [0.4, 0.5) is 5.69 Å². The Hall–Kier alpha value is -1.17. The lowest BCUT2D eigenvalue weighted by Crippen LogP contribution is -2.39. The summed E-state index contributed by atoms with van der Waals surface area (Å²) in [5.41, 5.74) is 4.41. The molecule has 4 rings (SSSR count). The van der Waals surface area contributed by atoms with E-state index >= 15 is 0 Å². The second-order valence-corrected chi connectivity index (χ2v) is 7.50. The fourth-order valence-corrected chi connectivity index (χ4v) is 4.49. The number of hydrogen-bond acceptors (Lipinski definition) is 5. The summed E-state index contributed by atoms with van der Waals surface area (Å²) in [6.07, 6.45) is 3.07. The fraction of sp³-hybridized carbons (Fsp3) is 0.588. The van der Waals surface area contributed by atoms with Crippen molar-refractivity contribution >= 4 is 27.2 Å². The number of aromatic nitrogens is 1. The summed E-state index contributed by atoms with van der Waals surface area (Å²) in [6.45, 7) is 5.56. The molecular formula is C17H23N3OS. The van der Waals surface area contributed by atoms with Crippen LogP contribution in [0.3, 0.4) is 0 Å². The molecule has 1 N–H and O–H groups in total. The maximum atomic E-state index is 9.62. The lowest BCUT2D eigenvalue weighted by atomic mass is 10.0. The monoisotopic (exact) mass is 317 g/mol. The number of aliphatic hydroxyl groups is 1. The van der Waals surface area contributed by atoms with Crippen LogP contribution in [0.2, 0.25) is 0 Å². The minimum atomic E-state index is -0.0707. The van der Waals surface area contributed by atoms with Crippen LogP contribution in [-0.4, -0.2) is 53.8 Å². The van der Waals surface area contributed by atoms with E-state index in [2.05, 4.69) is 33.0 Å². The third-order valence-electron chi connectivity index (χ3n) is 5.04. The van der Waals surface area contributed by atoms with Gasteiger partial charge in [0.25, 0.3) is 0 Å². The summed E-state index contributed by atoms with van der Waals surface area (Å²) < 4.78 is 1.28. The summed E-state index contributed by atoms with van der Waals surface area (Å²) in [5.74, 6) is 0.740. The van der Waals surface area contributed by atoms with E-state index in [-0.39, 0.29) is 6.10 Å². The topological polar surface area (TPSA) is 39.6 Å². The molecule has 0 bridgehead atoms. The van der Waals surface area contributed by atoms with Gasteiger partial charge in [0.05, 0.1) is 22.0 Å². The summed E-state index contributed by atoms with van der Waals surface area (Å²) >= 11 is 1.72. The third kappa shape index (κ3) is 2.85. The third-order valence-corrected chi connectivity index (χ3v) is 5.83.